The van der Waals surface area contributed by atoms with Crippen molar-refractivity contribution in [1.29, 1.82) is 0 Å². The normalized spacial score (nSPS) is 21.5. The fourth-order valence-corrected chi connectivity index (χ4v) is 4.91. The molecule has 2 unspecified atom stereocenters. The van der Waals surface area contributed by atoms with Gasteiger partial charge in [0, 0.05) is 49.1 Å². The summed E-state index contributed by atoms with van der Waals surface area (Å²) in [7, 11) is 0. The van der Waals surface area contributed by atoms with Crippen LogP contribution in [0.25, 0.3) is 5.65 Å². The molecule has 1 aromatic carbocycles. The van der Waals surface area contributed by atoms with E-state index in [2.05, 4.69) is 4.90 Å². The smallest absolute Gasteiger partial charge is 0.254 e. The van der Waals surface area contributed by atoms with E-state index in [1.54, 1.807) is 19.1 Å². The summed E-state index contributed by atoms with van der Waals surface area (Å²) < 4.78 is 15.5. The maximum Gasteiger partial charge on any atom is 0.254 e. The highest BCUT2D eigenvalue weighted by molar-refractivity contribution is 5.94. The van der Waals surface area contributed by atoms with Gasteiger partial charge >= 0.3 is 0 Å². The Morgan fingerprint density at radius 3 is 2.72 bits per heavy atom. The Bertz CT molecular complexity index is 1170. The van der Waals surface area contributed by atoms with Crippen LogP contribution in [0.5, 0.6) is 0 Å². The minimum Gasteiger partial charge on any atom is -0.355 e. The van der Waals surface area contributed by atoms with Gasteiger partial charge in [0.1, 0.15) is 11.6 Å². The molecule has 0 bridgehead atoms. The largest absolute Gasteiger partial charge is 0.355 e. The number of hydrogen-bond acceptors (Lipinski definition) is 5. The molecule has 2 aliphatic rings. The standard InChI is InChI=1S/C24H29FN6O/c1-15-11-17(6-7-19(15)25)24(32)30-9-4-3-5-21(30)20-12-22-27-23(16(2)13-31(22)28-20)29-10-8-18(26)14-29/h6-7,11-13,18,21H,3-5,8-10,14,26H2,1-2H3. The Hall–Kier alpha value is -3.00. The molecule has 2 aromatic heterocycles. The first-order chi connectivity index (χ1) is 15.4. The van der Waals surface area contributed by atoms with Gasteiger partial charge in [0.2, 0.25) is 0 Å². The average molecular weight is 437 g/mol. The first-order valence-corrected chi connectivity index (χ1v) is 11.4. The van der Waals surface area contributed by atoms with E-state index in [1.807, 2.05) is 28.6 Å². The molecule has 0 radical (unpaired) electrons. The number of amides is 1. The first-order valence-electron chi connectivity index (χ1n) is 11.4. The Balaban J connectivity index is 1.47. The van der Waals surface area contributed by atoms with Crippen molar-refractivity contribution in [3.05, 3.63) is 58.7 Å². The molecule has 2 fully saturated rings. The minimum absolute atomic E-state index is 0.0780. The Morgan fingerprint density at radius 1 is 1.12 bits per heavy atom. The molecule has 1 amide bonds. The number of hydrogen-bond donors (Lipinski definition) is 1. The quantitative estimate of drug-likeness (QED) is 0.681. The van der Waals surface area contributed by atoms with E-state index in [0.29, 0.717) is 17.7 Å². The third kappa shape index (κ3) is 3.72. The number of nitrogens with two attached hydrogens (primary N) is 1. The highest BCUT2D eigenvalue weighted by atomic mass is 19.1. The van der Waals surface area contributed by atoms with Crippen molar-refractivity contribution in [2.45, 2.75) is 51.6 Å². The van der Waals surface area contributed by atoms with Crippen molar-refractivity contribution in [2.75, 3.05) is 24.5 Å². The van der Waals surface area contributed by atoms with Gasteiger partial charge in [-0.3, -0.25) is 4.79 Å². The molecular formula is C24H29FN6O. The molecule has 0 aliphatic carbocycles. The van der Waals surface area contributed by atoms with E-state index in [-0.39, 0.29) is 23.8 Å². The number of aromatic nitrogens is 3. The van der Waals surface area contributed by atoms with Crippen molar-refractivity contribution in [3.8, 4) is 0 Å². The number of likely N-dealkylation sites (tertiary alicyclic amines) is 1. The van der Waals surface area contributed by atoms with Gasteiger partial charge < -0.3 is 15.5 Å². The summed E-state index contributed by atoms with van der Waals surface area (Å²) in [4.78, 5) is 22.3. The highest BCUT2D eigenvalue weighted by Crippen LogP contribution is 2.33. The summed E-state index contributed by atoms with van der Waals surface area (Å²) in [6, 6.07) is 6.62. The van der Waals surface area contributed by atoms with E-state index in [0.717, 1.165) is 61.5 Å². The number of aryl methyl sites for hydroxylation is 2. The number of halogens is 1. The van der Waals surface area contributed by atoms with Gasteiger partial charge in [-0.05, 0) is 63.3 Å². The van der Waals surface area contributed by atoms with Gasteiger partial charge in [-0.1, -0.05) is 0 Å². The SMILES string of the molecule is Cc1cc(C(=O)N2CCCCC2c2cc3nc(N4CCC(N)C4)c(C)cn3n2)ccc1F. The number of fused-ring (bicyclic) bond motifs is 1. The molecule has 168 valence electrons. The van der Waals surface area contributed by atoms with Gasteiger partial charge in [-0.15, -0.1) is 0 Å². The van der Waals surface area contributed by atoms with Crippen LogP contribution in [0.15, 0.2) is 30.5 Å². The molecule has 3 aromatic rings. The van der Waals surface area contributed by atoms with Crippen molar-refractivity contribution in [3.63, 3.8) is 0 Å². The van der Waals surface area contributed by atoms with Crippen LogP contribution in [0.3, 0.4) is 0 Å². The van der Waals surface area contributed by atoms with E-state index in [1.165, 1.54) is 6.07 Å². The minimum atomic E-state index is -0.298. The highest BCUT2D eigenvalue weighted by Gasteiger charge is 2.31. The number of nitrogens with zero attached hydrogens (tertiary/aromatic N) is 5. The van der Waals surface area contributed by atoms with Crippen LogP contribution in [0.1, 0.15) is 58.9 Å². The summed E-state index contributed by atoms with van der Waals surface area (Å²) >= 11 is 0. The second-order valence-corrected chi connectivity index (χ2v) is 9.09. The van der Waals surface area contributed by atoms with E-state index in [4.69, 9.17) is 15.8 Å². The maximum atomic E-state index is 13.7. The van der Waals surface area contributed by atoms with E-state index >= 15 is 0 Å². The topological polar surface area (TPSA) is 79.8 Å². The lowest BCUT2D eigenvalue weighted by Gasteiger charge is -2.34. The van der Waals surface area contributed by atoms with Crippen molar-refractivity contribution >= 4 is 17.4 Å². The average Bonchev–Trinajstić information content (AvgIpc) is 3.40. The monoisotopic (exact) mass is 436 g/mol. The summed E-state index contributed by atoms with van der Waals surface area (Å²) in [6.45, 7) is 6.11. The molecule has 0 saturated carbocycles. The number of carbonyl (C=O) groups is 1. The molecular weight excluding hydrogens is 407 g/mol. The Morgan fingerprint density at radius 2 is 1.97 bits per heavy atom. The molecule has 5 rings (SSSR count). The lowest BCUT2D eigenvalue weighted by Crippen LogP contribution is -2.38. The number of anilines is 1. The van der Waals surface area contributed by atoms with Crippen LogP contribution in [0.4, 0.5) is 10.2 Å². The molecule has 7 nitrogen and oxygen atoms in total. The maximum absolute atomic E-state index is 13.7. The zero-order chi connectivity index (χ0) is 22.4. The van der Waals surface area contributed by atoms with Crippen LogP contribution in [0, 0.1) is 19.7 Å². The van der Waals surface area contributed by atoms with Crippen LogP contribution in [0.2, 0.25) is 0 Å². The summed E-state index contributed by atoms with van der Waals surface area (Å²) in [6.07, 6.45) is 5.81. The molecule has 8 heteroatoms. The second kappa shape index (κ2) is 8.16. The molecule has 2 aliphatic heterocycles. The summed E-state index contributed by atoms with van der Waals surface area (Å²) in [5.41, 5.74) is 9.76. The second-order valence-electron chi connectivity index (χ2n) is 9.09. The number of rotatable bonds is 3. The van der Waals surface area contributed by atoms with Crippen LogP contribution >= 0.6 is 0 Å². The third-order valence-corrected chi connectivity index (χ3v) is 6.66. The fraction of sp³-hybridized carbons (Fsp3) is 0.458. The van der Waals surface area contributed by atoms with Gasteiger partial charge in [-0.25, -0.2) is 13.9 Å². The predicted molar refractivity (Wildman–Crippen MR) is 121 cm³/mol. The summed E-state index contributed by atoms with van der Waals surface area (Å²) in [5.74, 6) is 0.578. The molecule has 4 heterocycles. The lowest BCUT2D eigenvalue weighted by molar-refractivity contribution is 0.0605. The van der Waals surface area contributed by atoms with Crippen molar-refractivity contribution in [2.24, 2.45) is 5.73 Å². The van der Waals surface area contributed by atoms with Crippen LogP contribution < -0.4 is 10.6 Å². The van der Waals surface area contributed by atoms with Crippen molar-refractivity contribution in [1.82, 2.24) is 19.5 Å². The van der Waals surface area contributed by atoms with Crippen LogP contribution in [-0.2, 0) is 0 Å². The predicted octanol–water partition coefficient (Wildman–Crippen LogP) is 3.39. The fourth-order valence-electron chi connectivity index (χ4n) is 4.91. The van der Waals surface area contributed by atoms with E-state index in [9.17, 15) is 9.18 Å². The van der Waals surface area contributed by atoms with Gasteiger partial charge in [0.15, 0.2) is 5.65 Å². The van der Waals surface area contributed by atoms with Gasteiger partial charge in [-0.2, -0.15) is 5.10 Å². The lowest BCUT2D eigenvalue weighted by atomic mass is 9.98. The zero-order valence-corrected chi connectivity index (χ0v) is 18.6. The number of carbonyl (C=O) groups excluding carboxylic acids is 1. The molecule has 0 spiro atoms. The number of benzene rings is 1. The Labute approximate surface area is 187 Å². The molecule has 32 heavy (non-hydrogen) atoms. The molecule has 2 saturated heterocycles. The van der Waals surface area contributed by atoms with Crippen molar-refractivity contribution < 1.29 is 9.18 Å². The number of piperidine rings is 1. The first kappa shape index (κ1) is 20.9. The molecule has 2 atom stereocenters. The summed E-state index contributed by atoms with van der Waals surface area (Å²) in [5, 5.41) is 4.79. The van der Waals surface area contributed by atoms with Gasteiger partial charge in [0.25, 0.3) is 5.91 Å². The zero-order valence-electron chi connectivity index (χ0n) is 18.6. The molecule has 2 N–H and O–H groups in total. The Kier molecular flexibility index (Phi) is 5.33. The van der Waals surface area contributed by atoms with E-state index < -0.39 is 0 Å². The van der Waals surface area contributed by atoms with Gasteiger partial charge in [0.05, 0.1) is 11.7 Å². The van der Waals surface area contributed by atoms with Crippen LogP contribution in [-0.4, -0.2) is 51.1 Å². The third-order valence-electron chi connectivity index (χ3n) is 6.66.